The van der Waals surface area contributed by atoms with Crippen LogP contribution < -0.4 is 10.6 Å². The Kier molecular flexibility index (Phi) is 2.68. The van der Waals surface area contributed by atoms with Crippen molar-refractivity contribution in [2.75, 3.05) is 17.2 Å². The van der Waals surface area contributed by atoms with E-state index in [2.05, 4.69) is 20.9 Å². The van der Waals surface area contributed by atoms with Gasteiger partial charge in [0.1, 0.15) is 5.82 Å². The van der Waals surface area contributed by atoms with Gasteiger partial charge in [0, 0.05) is 18.8 Å². The van der Waals surface area contributed by atoms with Crippen molar-refractivity contribution in [3.05, 3.63) is 12.3 Å². The van der Waals surface area contributed by atoms with Crippen molar-refractivity contribution in [2.45, 2.75) is 25.3 Å². The number of hydrogen-bond acceptors (Lipinski definition) is 5. The molecule has 2 N–H and O–H groups in total. The standard InChI is InChI=1S/C10H13N5/c11-5-1-7-15(8-2-3-8)10-13-6-4-9(12)14-10/h4,6,8H,1-3,7H2,(H2,12,13,14). The van der Waals surface area contributed by atoms with E-state index in [0.717, 1.165) is 12.8 Å². The van der Waals surface area contributed by atoms with E-state index in [1.54, 1.807) is 12.3 Å². The Morgan fingerprint density at radius 2 is 2.40 bits per heavy atom. The number of nitrogens with two attached hydrogens (primary N) is 1. The molecule has 0 radical (unpaired) electrons. The van der Waals surface area contributed by atoms with Crippen LogP contribution in [0.2, 0.25) is 0 Å². The molecule has 0 atom stereocenters. The smallest absolute Gasteiger partial charge is 0.227 e. The Balaban J connectivity index is 2.13. The van der Waals surface area contributed by atoms with Crippen LogP contribution in [0.5, 0.6) is 0 Å². The zero-order valence-electron chi connectivity index (χ0n) is 8.43. The highest BCUT2D eigenvalue weighted by molar-refractivity contribution is 5.40. The van der Waals surface area contributed by atoms with E-state index in [0.29, 0.717) is 30.8 Å². The van der Waals surface area contributed by atoms with Crippen molar-refractivity contribution >= 4 is 11.8 Å². The zero-order chi connectivity index (χ0) is 10.7. The van der Waals surface area contributed by atoms with Gasteiger partial charge in [-0.1, -0.05) is 0 Å². The Bertz CT molecular complexity index is 380. The van der Waals surface area contributed by atoms with Crippen LogP contribution in [0.4, 0.5) is 11.8 Å². The van der Waals surface area contributed by atoms with Crippen LogP contribution in [0.3, 0.4) is 0 Å². The normalized spacial score (nSPS) is 14.6. The van der Waals surface area contributed by atoms with Gasteiger partial charge in [-0.15, -0.1) is 0 Å². The molecule has 1 saturated carbocycles. The number of hydrogen-bond donors (Lipinski definition) is 1. The average molecular weight is 203 g/mol. The Morgan fingerprint density at radius 3 is 3.00 bits per heavy atom. The second kappa shape index (κ2) is 4.13. The lowest BCUT2D eigenvalue weighted by Crippen LogP contribution is -2.28. The fourth-order valence-corrected chi connectivity index (χ4v) is 1.50. The first-order valence-electron chi connectivity index (χ1n) is 5.03. The summed E-state index contributed by atoms with van der Waals surface area (Å²) in [5.41, 5.74) is 5.60. The lowest BCUT2D eigenvalue weighted by atomic mass is 10.4. The molecule has 1 aromatic heterocycles. The van der Waals surface area contributed by atoms with Crippen molar-refractivity contribution in [2.24, 2.45) is 0 Å². The van der Waals surface area contributed by atoms with Crippen molar-refractivity contribution in [1.82, 2.24) is 9.97 Å². The maximum absolute atomic E-state index is 8.58. The summed E-state index contributed by atoms with van der Waals surface area (Å²) in [6.45, 7) is 0.685. The Hall–Kier alpha value is -1.83. The first kappa shape index (κ1) is 9.71. The summed E-state index contributed by atoms with van der Waals surface area (Å²) in [6.07, 6.45) is 4.46. The lowest BCUT2D eigenvalue weighted by molar-refractivity contribution is 0.761. The first-order chi connectivity index (χ1) is 7.31. The maximum Gasteiger partial charge on any atom is 0.227 e. The van der Waals surface area contributed by atoms with Gasteiger partial charge in [-0.2, -0.15) is 10.2 Å². The number of anilines is 2. The minimum absolute atomic E-state index is 0.475. The molecule has 0 spiro atoms. The number of nitrogens with zero attached hydrogens (tertiary/aromatic N) is 4. The van der Waals surface area contributed by atoms with Crippen LogP contribution >= 0.6 is 0 Å². The van der Waals surface area contributed by atoms with Gasteiger partial charge in [-0.05, 0) is 18.9 Å². The van der Waals surface area contributed by atoms with E-state index in [1.165, 1.54) is 0 Å². The first-order valence-corrected chi connectivity index (χ1v) is 5.03. The predicted molar refractivity (Wildman–Crippen MR) is 57.0 cm³/mol. The molecule has 78 valence electrons. The molecule has 5 nitrogen and oxygen atoms in total. The molecule has 2 rings (SSSR count). The van der Waals surface area contributed by atoms with Gasteiger partial charge in [0.05, 0.1) is 12.5 Å². The summed E-state index contributed by atoms with van der Waals surface area (Å²) >= 11 is 0. The maximum atomic E-state index is 8.58. The molecule has 15 heavy (non-hydrogen) atoms. The Labute approximate surface area is 88.5 Å². The molecule has 1 aliphatic rings. The van der Waals surface area contributed by atoms with Crippen molar-refractivity contribution in [3.63, 3.8) is 0 Å². The number of rotatable bonds is 4. The molecule has 5 heteroatoms. The molecule has 1 heterocycles. The van der Waals surface area contributed by atoms with Gasteiger partial charge < -0.3 is 10.6 Å². The highest BCUT2D eigenvalue weighted by Gasteiger charge is 2.30. The fraction of sp³-hybridized carbons (Fsp3) is 0.500. The van der Waals surface area contributed by atoms with Crippen molar-refractivity contribution in [1.29, 1.82) is 5.26 Å². The van der Waals surface area contributed by atoms with E-state index in [9.17, 15) is 0 Å². The van der Waals surface area contributed by atoms with Gasteiger partial charge in [-0.3, -0.25) is 0 Å². The van der Waals surface area contributed by atoms with Crippen LogP contribution in [-0.4, -0.2) is 22.6 Å². The predicted octanol–water partition coefficient (Wildman–Crippen LogP) is 0.941. The SMILES string of the molecule is N#CCCN(c1nccc(N)n1)C1CC1. The fourth-order valence-electron chi connectivity index (χ4n) is 1.50. The minimum Gasteiger partial charge on any atom is -0.384 e. The van der Waals surface area contributed by atoms with Crippen LogP contribution in [0, 0.1) is 11.3 Å². The number of nitrogen functional groups attached to an aromatic ring is 1. The molecular weight excluding hydrogens is 190 g/mol. The monoisotopic (exact) mass is 203 g/mol. The summed E-state index contributed by atoms with van der Waals surface area (Å²) in [6, 6.07) is 4.30. The number of nitriles is 1. The largest absolute Gasteiger partial charge is 0.384 e. The van der Waals surface area contributed by atoms with Crippen molar-refractivity contribution < 1.29 is 0 Å². The third-order valence-corrected chi connectivity index (χ3v) is 2.37. The lowest BCUT2D eigenvalue weighted by Gasteiger charge is -2.20. The molecular formula is C10H13N5. The van der Waals surface area contributed by atoms with E-state index >= 15 is 0 Å². The summed E-state index contributed by atoms with van der Waals surface area (Å²) in [7, 11) is 0. The summed E-state index contributed by atoms with van der Waals surface area (Å²) in [5, 5.41) is 8.58. The third-order valence-electron chi connectivity index (χ3n) is 2.37. The second-order valence-electron chi connectivity index (χ2n) is 3.61. The topological polar surface area (TPSA) is 78.8 Å². The van der Waals surface area contributed by atoms with Gasteiger partial charge in [0.2, 0.25) is 5.95 Å². The zero-order valence-corrected chi connectivity index (χ0v) is 8.43. The van der Waals surface area contributed by atoms with Gasteiger partial charge in [0.25, 0.3) is 0 Å². The molecule has 0 amide bonds. The number of aromatic nitrogens is 2. The minimum atomic E-state index is 0.475. The molecule has 0 aromatic carbocycles. The van der Waals surface area contributed by atoms with E-state index < -0.39 is 0 Å². The molecule has 1 aliphatic carbocycles. The quantitative estimate of drug-likeness (QED) is 0.787. The summed E-state index contributed by atoms with van der Waals surface area (Å²) in [5.74, 6) is 1.12. The summed E-state index contributed by atoms with van der Waals surface area (Å²) < 4.78 is 0. The molecule has 0 bridgehead atoms. The second-order valence-corrected chi connectivity index (χ2v) is 3.61. The highest BCUT2D eigenvalue weighted by Crippen LogP contribution is 2.29. The van der Waals surface area contributed by atoms with E-state index in [-0.39, 0.29) is 0 Å². The summed E-state index contributed by atoms with van der Waals surface area (Å²) in [4.78, 5) is 10.4. The van der Waals surface area contributed by atoms with E-state index in [1.807, 2.05) is 0 Å². The molecule has 0 unspecified atom stereocenters. The molecule has 1 fully saturated rings. The molecule has 1 aromatic rings. The van der Waals surface area contributed by atoms with Crippen molar-refractivity contribution in [3.8, 4) is 6.07 Å². The highest BCUT2D eigenvalue weighted by atomic mass is 15.3. The Morgan fingerprint density at radius 1 is 1.60 bits per heavy atom. The molecule has 0 aliphatic heterocycles. The third kappa shape index (κ3) is 2.34. The average Bonchev–Trinajstić information content (AvgIpc) is 3.03. The van der Waals surface area contributed by atoms with Gasteiger partial charge >= 0.3 is 0 Å². The van der Waals surface area contributed by atoms with Crippen LogP contribution in [0.1, 0.15) is 19.3 Å². The van der Waals surface area contributed by atoms with Gasteiger partial charge in [0.15, 0.2) is 0 Å². The van der Waals surface area contributed by atoms with Crippen LogP contribution in [0.25, 0.3) is 0 Å². The van der Waals surface area contributed by atoms with Crippen LogP contribution in [-0.2, 0) is 0 Å². The van der Waals surface area contributed by atoms with E-state index in [4.69, 9.17) is 11.0 Å². The van der Waals surface area contributed by atoms with Gasteiger partial charge in [-0.25, -0.2) is 4.98 Å². The van der Waals surface area contributed by atoms with Crippen LogP contribution in [0.15, 0.2) is 12.3 Å². The molecule has 0 saturated heterocycles.